The fourth-order valence-corrected chi connectivity index (χ4v) is 14.8. The summed E-state index contributed by atoms with van der Waals surface area (Å²) in [5, 5.41) is 0. The van der Waals surface area contributed by atoms with Gasteiger partial charge in [0.2, 0.25) is 0 Å². The molecule has 45 heavy (non-hydrogen) atoms. The SMILES string of the molecule is C=C1C=C(C)[N](c2c(C(C)C)cccc2C(C)C)[Ge]([c]2n(C(C)C)c(C)c(C)[n+]2C(C)C)[N]1c1c(C(C)C)cccc1C(C)C. The third-order valence-corrected chi connectivity index (χ3v) is 15.4. The molecule has 0 aliphatic carbocycles. The summed E-state index contributed by atoms with van der Waals surface area (Å²) in [7, 11) is 0. The zero-order chi connectivity index (χ0) is 33.7. The number of hydrogen-bond acceptors (Lipinski definition) is 2. The fourth-order valence-electron chi connectivity index (χ4n) is 7.31. The maximum absolute atomic E-state index is 4.87. The number of allylic oxidation sites excluding steroid dienone is 2. The molecule has 3 aromatic rings. The molecule has 243 valence electrons. The number of anilines is 2. The number of rotatable bonds is 9. The zero-order valence-electron chi connectivity index (χ0n) is 31.0. The molecule has 0 unspecified atom stereocenters. The van der Waals surface area contributed by atoms with Crippen LogP contribution in [0.3, 0.4) is 0 Å². The Bertz CT molecular complexity index is 1500. The molecule has 0 N–H and O–H groups in total. The van der Waals surface area contributed by atoms with E-state index in [4.69, 9.17) is 6.58 Å². The summed E-state index contributed by atoms with van der Waals surface area (Å²) >= 11 is -2.77. The normalized spacial score (nSPS) is 14.9. The van der Waals surface area contributed by atoms with Gasteiger partial charge in [-0.15, -0.1) is 0 Å². The molecule has 0 bridgehead atoms. The van der Waals surface area contributed by atoms with Gasteiger partial charge in [0.1, 0.15) is 0 Å². The van der Waals surface area contributed by atoms with Crippen LogP contribution in [0.2, 0.25) is 0 Å². The Balaban J connectivity index is 2.31. The Morgan fingerprint density at radius 2 is 1.02 bits per heavy atom. The molecule has 5 heteroatoms. The van der Waals surface area contributed by atoms with E-state index in [1.807, 2.05) is 0 Å². The number of nitrogens with zero attached hydrogens (tertiary/aromatic N) is 4. The summed E-state index contributed by atoms with van der Waals surface area (Å²) in [6.45, 7) is 40.1. The van der Waals surface area contributed by atoms with Gasteiger partial charge >= 0.3 is 281 Å². The van der Waals surface area contributed by atoms with Crippen LogP contribution in [0.15, 0.2) is 60.4 Å². The number of para-hydroxylation sites is 2. The van der Waals surface area contributed by atoms with E-state index >= 15 is 0 Å². The van der Waals surface area contributed by atoms with E-state index in [-0.39, 0.29) is 0 Å². The van der Waals surface area contributed by atoms with Gasteiger partial charge in [-0.3, -0.25) is 0 Å². The van der Waals surface area contributed by atoms with Gasteiger partial charge in [0.15, 0.2) is 0 Å². The number of imidazole rings is 1. The van der Waals surface area contributed by atoms with Crippen LogP contribution in [0.25, 0.3) is 0 Å². The molecule has 4 nitrogen and oxygen atoms in total. The molecule has 4 rings (SSSR count). The second-order valence-electron chi connectivity index (χ2n) is 14.9. The summed E-state index contributed by atoms with van der Waals surface area (Å²) in [5.41, 5.74) is 13.6. The topological polar surface area (TPSA) is 15.3 Å². The van der Waals surface area contributed by atoms with Crippen molar-refractivity contribution in [3.05, 3.63) is 94.1 Å². The molecular weight excluding hydrogens is 609 g/mol. The standard InChI is InChI=1S/C40H60GeN4/c1-24(2)34-19-17-20-35(25(3)4)38(34)44-30(13)23-31(14)45(39-36(26(5)6)21-18-22-37(39)27(7)8)41(44)40-42(28(9)10)32(15)33(16)43(40)29(11)12/h17-29H,13H2,1-12,14-16H3/q+1. The summed E-state index contributed by atoms with van der Waals surface area (Å²) in [5.74, 6) is 1.57. The van der Waals surface area contributed by atoms with E-state index in [9.17, 15) is 0 Å². The maximum atomic E-state index is 4.87. The van der Waals surface area contributed by atoms with E-state index in [1.54, 1.807) is 0 Å². The predicted molar refractivity (Wildman–Crippen MR) is 197 cm³/mol. The summed E-state index contributed by atoms with van der Waals surface area (Å²) in [6, 6.07) is 14.7. The van der Waals surface area contributed by atoms with Crippen LogP contribution in [-0.2, 0) is 0 Å². The summed E-state index contributed by atoms with van der Waals surface area (Å²) in [6.07, 6.45) is 2.36. The van der Waals surface area contributed by atoms with Crippen molar-refractivity contribution in [3.8, 4) is 0 Å². The fraction of sp³-hybridized carbons (Fsp3) is 0.525. The molecule has 0 saturated heterocycles. The quantitative estimate of drug-likeness (QED) is 0.167. The molecule has 1 aliphatic heterocycles. The number of aromatic nitrogens is 2. The van der Waals surface area contributed by atoms with Crippen molar-refractivity contribution in [1.82, 2.24) is 4.57 Å². The molecule has 2 heterocycles. The van der Waals surface area contributed by atoms with Crippen molar-refractivity contribution in [1.29, 1.82) is 0 Å². The van der Waals surface area contributed by atoms with Gasteiger partial charge in [-0.1, -0.05) is 0 Å². The van der Waals surface area contributed by atoms with Crippen LogP contribution in [0.4, 0.5) is 11.4 Å². The minimum atomic E-state index is -2.77. The third-order valence-electron chi connectivity index (χ3n) is 9.51. The molecular formula is C40H60GeN4+. The second-order valence-corrected chi connectivity index (χ2v) is 19.1. The minimum absolute atomic E-state index is 0.330. The Morgan fingerprint density at radius 3 is 1.38 bits per heavy atom. The van der Waals surface area contributed by atoms with Crippen LogP contribution in [0.1, 0.15) is 159 Å². The monoisotopic (exact) mass is 670 g/mol. The average Bonchev–Trinajstić information content (AvgIpc) is 3.21. The van der Waals surface area contributed by atoms with Crippen LogP contribution in [0, 0.1) is 13.8 Å². The predicted octanol–water partition coefficient (Wildman–Crippen LogP) is 10.2. The van der Waals surface area contributed by atoms with Crippen molar-refractivity contribution in [2.75, 3.05) is 7.71 Å². The molecule has 1 radical (unpaired) electrons. The third kappa shape index (κ3) is 6.21. The molecule has 0 fully saturated rings. The van der Waals surface area contributed by atoms with Gasteiger partial charge in [-0.25, -0.2) is 0 Å². The average molecular weight is 670 g/mol. The van der Waals surface area contributed by atoms with Crippen molar-refractivity contribution < 1.29 is 4.57 Å². The van der Waals surface area contributed by atoms with Crippen molar-refractivity contribution >= 4 is 30.8 Å². The summed E-state index contributed by atoms with van der Waals surface area (Å²) in [4.78, 5) is 0. The first kappa shape index (κ1) is 35.1. The van der Waals surface area contributed by atoms with Crippen LogP contribution in [0.5, 0.6) is 0 Å². The molecule has 0 amide bonds. The molecule has 1 aliphatic rings. The van der Waals surface area contributed by atoms with Crippen LogP contribution < -0.4 is 16.9 Å². The molecule has 0 spiro atoms. The first-order chi connectivity index (χ1) is 21.0. The second kappa shape index (κ2) is 13.6. The van der Waals surface area contributed by atoms with E-state index in [1.165, 1.54) is 55.4 Å². The Hall–Kier alpha value is -2.73. The van der Waals surface area contributed by atoms with E-state index in [2.05, 4.69) is 163 Å². The Morgan fingerprint density at radius 1 is 0.622 bits per heavy atom. The van der Waals surface area contributed by atoms with E-state index < -0.39 is 14.8 Å². The molecule has 2 aromatic carbocycles. The Labute approximate surface area is 280 Å². The summed E-state index contributed by atoms with van der Waals surface area (Å²) < 4.78 is 12.4. The number of benzene rings is 2. The van der Waals surface area contributed by atoms with Crippen molar-refractivity contribution in [2.45, 2.75) is 140 Å². The van der Waals surface area contributed by atoms with Gasteiger partial charge in [-0.05, 0) is 0 Å². The molecule has 1 aromatic heterocycles. The molecule has 0 saturated carbocycles. The zero-order valence-corrected chi connectivity index (χ0v) is 33.1. The molecule has 0 atom stereocenters. The van der Waals surface area contributed by atoms with Gasteiger partial charge in [0.25, 0.3) is 0 Å². The van der Waals surface area contributed by atoms with Crippen molar-refractivity contribution in [3.63, 3.8) is 0 Å². The van der Waals surface area contributed by atoms with Crippen LogP contribution >= 0.6 is 0 Å². The van der Waals surface area contributed by atoms with Gasteiger partial charge < -0.3 is 0 Å². The van der Waals surface area contributed by atoms with Gasteiger partial charge in [-0.2, -0.15) is 0 Å². The van der Waals surface area contributed by atoms with Crippen molar-refractivity contribution in [2.24, 2.45) is 0 Å². The Kier molecular flexibility index (Phi) is 10.6. The first-order valence-electron chi connectivity index (χ1n) is 17.3. The van der Waals surface area contributed by atoms with Crippen LogP contribution in [-0.4, -0.2) is 19.4 Å². The first-order valence-corrected chi connectivity index (χ1v) is 20.2. The number of hydrogen-bond donors (Lipinski definition) is 0. The van der Waals surface area contributed by atoms with E-state index in [0.717, 1.165) is 5.70 Å². The van der Waals surface area contributed by atoms with Gasteiger partial charge in [0, 0.05) is 0 Å². The van der Waals surface area contributed by atoms with Gasteiger partial charge in [0.05, 0.1) is 0 Å². The van der Waals surface area contributed by atoms with E-state index in [0.29, 0.717) is 35.8 Å².